The van der Waals surface area contributed by atoms with Crippen LogP contribution in [0.4, 0.5) is 0 Å². The number of carbonyl (C=O) groups excluding carboxylic acids is 2. The van der Waals surface area contributed by atoms with Gasteiger partial charge in [-0.15, -0.1) is 0 Å². The van der Waals surface area contributed by atoms with Crippen LogP contribution in [0, 0.1) is 11.3 Å². The van der Waals surface area contributed by atoms with Crippen molar-refractivity contribution in [1.82, 2.24) is 10.2 Å². The third kappa shape index (κ3) is 2.05. The van der Waals surface area contributed by atoms with Gasteiger partial charge < -0.3 is 10.2 Å². The van der Waals surface area contributed by atoms with Gasteiger partial charge in [-0.05, 0) is 50.4 Å². The molecule has 4 heteroatoms. The van der Waals surface area contributed by atoms with E-state index in [1.54, 1.807) is 0 Å². The molecule has 3 rings (SSSR count). The van der Waals surface area contributed by atoms with Gasteiger partial charge in [-0.2, -0.15) is 0 Å². The van der Waals surface area contributed by atoms with Crippen molar-refractivity contribution in [2.45, 2.75) is 57.9 Å². The normalized spacial score (nSPS) is 33.9. The fraction of sp³-hybridized carbons (Fsp3) is 0.867. The van der Waals surface area contributed by atoms with Gasteiger partial charge in [-0.25, -0.2) is 0 Å². The molecule has 0 radical (unpaired) electrons. The largest absolute Gasteiger partial charge is 0.340 e. The molecule has 2 saturated carbocycles. The number of amides is 2. The Balaban J connectivity index is 1.77. The first-order valence-corrected chi connectivity index (χ1v) is 7.59. The number of hydrogen-bond donors (Lipinski definition) is 1. The Morgan fingerprint density at radius 1 is 1.32 bits per heavy atom. The summed E-state index contributed by atoms with van der Waals surface area (Å²) in [7, 11) is 0. The Labute approximate surface area is 114 Å². The summed E-state index contributed by atoms with van der Waals surface area (Å²) in [6, 6.07) is 0. The summed E-state index contributed by atoms with van der Waals surface area (Å²) in [6.07, 6.45) is 6.91. The molecule has 0 aromatic heterocycles. The van der Waals surface area contributed by atoms with Crippen molar-refractivity contribution in [1.29, 1.82) is 0 Å². The summed E-state index contributed by atoms with van der Waals surface area (Å²) in [6.45, 7) is 5.14. The highest BCUT2D eigenvalue weighted by molar-refractivity contribution is 5.98. The zero-order valence-electron chi connectivity index (χ0n) is 12.0. The fourth-order valence-electron chi connectivity index (χ4n) is 3.73. The molecule has 0 aromatic rings. The highest BCUT2D eigenvalue weighted by Gasteiger charge is 2.53. The van der Waals surface area contributed by atoms with Crippen LogP contribution in [0.1, 0.15) is 52.4 Å². The third-order valence-corrected chi connectivity index (χ3v) is 5.55. The number of carbonyl (C=O) groups is 2. The Bertz CT molecular complexity index is 407. The van der Waals surface area contributed by atoms with Crippen molar-refractivity contribution in [2.75, 3.05) is 13.1 Å². The predicted octanol–water partition coefficient (Wildman–Crippen LogP) is 1.69. The fourth-order valence-corrected chi connectivity index (χ4v) is 3.73. The van der Waals surface area contributed by atoms with Gasteiger partial charge in [0.05, 0.1) is 6.54 Å². The number of rotatable bonds is 4. The summed E-state index contributed by atoms with van der Waals surface area (Å²) in [5.74, 6) is 0.514. The summed E-state index contributed by atoms with van der Waals surface area (Å²) in [5, 5.41) is 2.94. The minimum absolute atomic E-state index is 0.0135. The zero-order valence-corrected chi connectivity index (χ0v) is 12.0. The minimum atomic E-state index is -0.631. The van der Waals surface area contributed by atoms with Crippen LogP contribution in [0.2, 0.25) is 0 Å². The quantitative estimate of drug-likeness (QED) is 0.840. The van der Waals surface area contributed by atoms with E-state index in [2.05, 4.69) is 12.2 Å². The highest BCUT2D eigenvalue weighted by atomic mass is 16.2. The van der Waals surface area contributed by atoms with Gasteiger partial charge in [0.25, 0.3) is 0 Å². The molecule has 1 saturated heterocycles. The molecule has 3 aliphatic rings. The van der Waals surface area contributed by atoms with Crippen LogP contribution < -0.4 is 5.32 Å². The standard InChI is InChI=1S/C15H24N2O2/c1-3-15(7-4-8-15)10-17-9-12(18)16-14(2,13(17)19)11-5-6-11/h11H,3-10H2,1-2H3,(H,16,18). The first kappa shape index (κ1) is 12.9. The molecule has 3 fully saturated rings. The topological polar surface area (TPSA) is 49.4 Å². The van der Waals surface area contributed by atoms with Gasteiger partial charge in [0.15, 0.2) is 0 Å². The number of piperazine rings is 1. The maximum Gasteiger partial charge on any atom is 0.248 e. The van der Waals surface area contributed by atoms with E-state index in [1.807, 2.05) is 11.8 Å². The maximum atomic E-state index is 12.7. The van der Waals surface area contributed by atoms with Crippen LogP contribution in [0.5, 0.6) is 0 Å². The van der Waals surface area contributed by atoms with E-state index in [0.29, 0.717) is 5.92 Å². The van der Waals surface area contributed by atoms with Gasteiger partial charge >= 0.3 is 0 Å². The molecule has 0 spiro atoms. The molecule has 19 heavy (non-hydrogen) atoms. The van der Waals surface area contributed by atoms with Gasteiger partial charge in [0, 0.05) is 6.54 Å². The minimum Gasteiger partial charge on any atom is -0.340 e. The van der Waals surface area contributed by atoms with Crippen molar-refractivity contribution in [3.05, 3.63) is 0 Å². The summed E-state index contributed by atoms with van der Waals surface area (Å²) in [5.41, 5.74) is -0.342. The molecule has 1 aliphatic heterocycles. The molecular formula is C15H24N2O2. The second-order valence-electron chi connectivity index (χ2n) is 6.89. The van der Waals surface area contributed by atoms with Crippen molar-refractivity contribution in [3.63, 3.8) is 0 Å². The molecular weight excluding hydrogens is 240 g/mol. The Morgan fingerprint density at radius 3 is 2.47 bits per heavy atom. The lowest BCUT2D eigenvalue weighted by molar-refractivity contribution is -0.153. The second kappa shape index (κ2) is 4.22. The van der Waals surface area contributed by atoms with Gasteiger partial charge in [0.2, 0.25) is 11.8 Å². The lowest BCUT2D eigenvalue weighted by Crippen LogP contribution is -2.67. The molecule has 4 nitrogen and oxygen atoms in total. The van der Waals surface area contributed by atoms with Crippen LogP contribution in [0.15, 0.2) is 0 Å². The molecule has 0 bridgehead atoms. The Morgan fingerprint density at radius 2 is 2.00 bits per heavy atom. The maximum absolute atomic E-state index is 12.7. The second-order valence-corrected chi connectivity index (χ2v) is 6.89. The zero-order chi connectivity index (χ0) is 13.7. The molecule has 1 atom stereocenters. The third-order valence-electron chi connectivity index (χ3n) is 5.55. The van der Waals surface area contributed by atoms with Crippen molar-refractivity contribution >= 4 is 11.8 Å². The molecule has 1 heterocycles. The number of hydrogen-bond acceptors (Lipinski definition) is 2. The van der Waals surface area contributed by atoms with Gasteiger partial charge in [-0.1, -0.05) is 13.3 Å². The van der Waals surface area contributed by atoms with Crippen LogP contribution in [0.3, 0.4) is 0 Å². The molecule has 1 unspecified atom stereocenters. The highest BCUT2D eigenvalue weighted by Crippen LogP contribution is 2.46. The summed E-state index contributed by atoms with van der Waals surface area (Å²) in [4.78, 5) is 26.5. The SMILES string of the molecule is CCC1(CN2CC(=O)NC(C)(C3CC3)C2=O)CCC1. The van der Waals surface area contributed by atoms with E-state index in [-0.39, 0.29) is 23.8 Å². The first-order valence-electron chi connectivity index (χ1n) is 7.59. The van der Waals surface area contributed by atoms with Crippen molar-refractivity contribution in [2.24, 2.45) is 11.3 Å². The lowest BCUT2D eigenvalue weighted by atomic mass is 9.66. The average Bonchev–Trinajstić information content (AvgIpc) is 3.14. The van der Waals surface area contributed by atoms with Gasteiger partial charge in [-0.3, -0.25) is 9.59 Å². The molecule has 2 amide bonds. The van der Waals surface area contributed by atoms with E-state index >= 15 is 0 Å². The average molecular weight is 264 g/mol. The smallest absolute Gasteiger partial charge is 0.248 e. The van der Waals surface area contributed by atoms with E-state index in [1.165, 1.54) is 19.3 Å². The van der Waals surface area contributed by atoms with Crippen molar-refractivity contribution in [3.8, 4) is 0 Å². The summed E-state index contributed by atoms with van der Waals surface area (Å²) >= 11 is 0. The lowest BCUT2D eigenvalue weighted by Gasteiger charge is -2.48. The van der Waals surface area contributed by atoms with E-state index < -0.39 is 5.54 Å². The van der Waals surface area contributed by atoms with Crippen LogP contribution in [0.25, 0.3) is 0 Å². The van der Waals surface area contributed by atoms with Gasteiger partial charge in [0.1, 0.15) is 5.54 Å². The van der Waals surface area contributed by atoms with E-state index in [9.17, 15) is 9.59 Å². The van der Waals surface area contributed by atoms with E-state index in [4.69, 9.17) is 0 Å². The molecule has 106 valence electrons. The Hall–Kier alpha value is -1.06. The van der Waals surface area contributed by atoms with E-state index in [0.717, 1.165) is 25.8 Å². The number of nitrogens with one attached hydrogen (secondary N) is 1. The summed E-state index contributed by atoms with van der Waals surface area (Å²) < 4.78 is 0. The molecule has 2 aliphatic carbocycles. The van der Waals surface area contributed by atoms with Crippen LogP contribution >= 0.6 is 0 Å². The monoisotopic (exact) mass is 264 g/mol. The van der Waals surface area contributed by atoms with Crippen LogP contribution in [-0.2, 0) is 9.59 Å². The first-order chi connectivity index (χ1) is 8.99. The predicted molar refractivity (Wildman–Crippen MR) is 72.4 cm³/mol. The van der Waals surface area contributed by atoms with Crippen molar-refractivity contribution < 1.29 is 9.59 Å². The molecule has 1 N–H and O–H groups in total. The molecule has 0 aromatic carbocycles. The number of nitrogens with zero attached hydrogens (tertiary/aromatic N) is 1. The van der Waals surface area contributed by atoms with Crippen LogP contribution in [-0.4, -0.2) is 35.3 Å². The Kier molecular flexibility index (Phi) is 2.88.